The Morgan fingerprint density at radius 3 is 3.00 bits per heavy atom. The highest BCUT2D eigenvalue weighted by atomic mass is 79.9. The Labute approximate surface area is 134 Å². The van der Waals surface area contributed by atoms with E-state index in [2.05, 4.69) is 38.3 Å². The van der Waals surface area contributed by atoms with Gasteiger partial charge in [0.05, 0.1) is 24.8 Å². The number of halogens is 1. The molecule has 0 amide bonds. The summed E-state index contributed by atoms with van der Waals surface area (Å²) in [5, 5.41) is 3.62. The second-order valence-corrected chi connectivity index (χ2v) is 6.70. The first-order valence-corrected chi connectivity index (χ1v) is 8.43. The topological polar surface area (TPSA) is 33.7 Å². The molecule has 1 heterocycles. The van der Waals surface area contributed by atoms with E-state index in [1.54, 1.807) is 7.11 Å². The number of ether oxygens (including phenoxy) is 2. The van der Waals surface area contributed by atoms with Crippen molar-refractivity contribution in [2.24, 2.45) is 0 Å². The summed E-state index contributed by atoms with van der Waals surface area (Å²) in [5.74, 6) is 0.882. The monoisotopic (exact) mass is 354 g/mol. The van der Waals surface area contributed by atoms with Crippen LogP contribution in [0.3, 0.4) is 0 Å². The summed E-state index contributed by atoms with van der Waals surface area (Å²) in [6, 6.07) is 7.55. The number of nitrogens with one attached hydrogen (secondary N) is 1. The van der Waals surface area contributed by atoms with Gasteiger partial charge in [-0.25, -0.2) is 0 Å². The van der Waals surface area contributed by atoms with Crippen LogP contribution in [0.5, 0.6) is 5.75 Å². The van der Waals surface area contributed by atoms with Crippen molar-refractivity contribution in [1.29, 1.82) is 0 Å². The lowest BCUT2D eigenvalue weighted by atomic mass is 10.1. The van der Waals surface area contributed by atoms with Crippen molar-refractivity contribution < 1.29 is 9.47 Å². The van der Waals surface area contributed by atoms with Crippen LogP contribution in [0.4, 0.5) is 0 Å². The van der Waals surface area contributed by atoms with Crippen LogP contribution in [0.1, 0.15) is 18.4 Å². The van der Waals surface area contributed by atoms with E-state index in [0.717, 1.165) is 49.1 Å². The van der Waals surface area contributed by atoms with Crippen LogP contribution >= 0.6 is 15.9 Å². The molecule has 1 aromatic carbocycles. The summed E-state index contributed by atoms with van der Waals surface area (Å²) in [6.07, 6.45) is 2.66. The maximum atomic E-state index is 5.65. The molecule has 1 aliphatic heterocycles. The predicted molar refractivity (Wildman–Crippen MR) is 86.7 cm³/mol. The fraction of sp³-hybridized carbons (Fsp3) is 0.625. The van der Waals surface area contributed by atoms with Gasteiger partial charge in [0.1, 0.15) is 5.75 Å². The number of nitrogens with zero attached hydrogens (tertiary/aromatic N) is 1. The molecule has 1 N–H and O–H groups in total. The maximum absolute atomic E-state index is 5.65. The molecule has 116 valence electrons. The van der Waals surface area contributed by atoms with Crippen LogP contribution in [0.15, 0.2) is 22.7 Å². The molecule has 0 bridgehead atoms. The third kappa shape index (κ3) is 4.19. The average molecular weight is 355 g/mol. The summed E-state index contributed by atoms with van der Waals surface area (Å²) in [4.78, 5) is 2.52. The molecule has 1 saturated carbocycles. The summed E-state index contributed by atoms with van der Waals surface area (Å²) in [5.41, 5.74) is 1.31. The highest BCUT2D eigenvalue weighted by Crippen LogP contribution is 2.26. The molecule has 4 nitrogen and oxygen atoms in total. The van der Waals surface area contributed by atoms with Gasteiger partial charge in [-0.15, -0.1) is 0 Å². The standard InChI is InChI=1S/C16H23BrN2O2/c1-20-16-5-2-12(8-15(16)17)10-19-6-7-21-11-14(19)9-18-13-3-4-13/h2,5,8,13-14,18H,3-4,6-7,9-11H2,1H3. The van der Waals surface area contributed by atoms with Gasteiger partial charge in [0, 0.05) is 31.7 Å². The molecule has 1 aromatic rings. The third-order valence-electron chi connectivity index (χ3n) is 4.17. The van der Waals surface area contributed by atoms with Gasteiger partial charge in [-0.3, -0.25) is 4.90 Å². The third-order valence-corrected chi connectivity index (χ3v) is 4.79. The highest BCUT2D eigenvalue weighted by molar-refractivity contribution is 9.10. The number of benzene rings is 1. The van der Waals surface area contributed by atoms with Crippen LogP contribution in [-0.2, 0) is 11.3 Å². The second-order valence-electron chi connectivity index (χ2n) is 5.85. The minimum absolute atomic E-state index is 0.472. The zero-order valence-electron chi connectivity index (χ0n) is 12.5. The Kier molecular flexibility index (Phi) is 5.16. The molecule has 2 aliphatic rings. The number of hydrogen-bond donors (Lipinski definition) is 1. The smallest absolute Gasteiger partial charge is 0.133 e. The van der Waals surface area contributed by atoms with Gasteiger partial charge in [-0.05, 0) is 46.5 Å². The minimum atomic E-state index is 0.472. The van der Waals surface area contributed by atoms with Crippen molar-refractivity contribution in [1.82, 2.24) is 10.2 Å². The molecule has 0 spiro atoms. The second kappa shape index (κ2) is 7.09. The fourth-order valence-electron chi connectivity index (χ4n) is 2.72. The first-order chi connectivity index (χ1) is 10.3. The van der Waals surface area contributed by atoms with Crippen LogP contribution < -0.4 is 10.1 Å². The quantitative estimate of drug-likeness (QED) is 0.850. The van der Waals surface area contributed by atoms with E-state index in [0.29, 0.717) is 6.04 Å². The molecular formula is C16H23BrN2O2. The van der Waals surface area contributed by atoms with E-state index in [1.165, 1.54) is 18.4 Å². The molecule has 1 saturated heterocycles. The lowest BCUT2D eigenvalue weighted by Crippen LogP contribution is -2.50. The Morgan fingerprint density at radius 2 is 2.29 bits per heavy atom. The van der Waals surface area contributed by atoms with Gasteiger partial charge in [0.2, 0.25) is 0 Å². The Balaban J connectivity index is 1.61. The van der Waals surface area contributed by atoms with Crippen LogP contribution in [0.2, 0.25) is 0 Å². The molecular weight excluding hydrogens is 332 g/mol. The minimum Gasteiger partial charge on any atom is -0.496 e. The van der Waals surface area contributed by atoms with E-state index in [1.807, 2.05) is 6.07 Å². The van der Waals surface area contributed by atoms with E-state index in [4.69, 9.17) is 9.47 Å². The summed E-state index contributed by atoms with van der Waals surface area (Å²) < 4.78 is 12.0. The van der Waals surface area contributed by atoms with Crippen molar-refractivity contribution in [2.45, 2.75) is 31.5 Å². The lowest BCUT2D eigenvalue weighted by Gasteiger charge is -2.36. The van der Waals surface area contributed by atoms with Crippen LogP contribution in [0.25, 0.3) is 0 Å². The molecule has 0 aromatic heterocycles. The van der Waals surface area contributed by atoms with Crippen molar-refractivity contribution >= 4 is 15.9 Å². The zero-order valence-corrected chi connectivity index (χ0v) is 14.1. The number of morpholine rings is 1. The van der Waals surface area contributed by atoms with E-state index >= 15 is 0 Å². The molecule has 5 heteroatoms. The van der Waals surface area contributed by atoms with E-state index < -0.39 is 0 Å². The molecule has 2 fully saturated rings. The van der Waals surface area contributed by atoms with Gasteiger partial charge in [-0.2, -0.15) is 0 Å². The van der Waals surface area contributed by atoms with Gasteiger partial charge in [0.15, 0.2) is 0 Å². The molecule has 21 heavy (non-hydrogen) atoms. The molecule has 1 unspecified atom stereocenters. The molecule has 0 radical (unpaired) electrons. The van der Waals surface area contributed by atoms with E-state index in [9.17, 15) is 0 Å². The number of rotatable bonds is 6. The Hall–Kier alpha value is -0.620. The van der Waals surface area contributed by atoms with Gasteiger partial charge < -0.3 is 14.8 Å². The van der Waals surface area contributed by atoms with Crippen molar-refractivity contribution in [3.05, 3.63) is 28.2 Å². The molecule has 3 rings (SSSR count). The molecule has 1 atom stereocenters. The first kappa shape index (κ1) is 15.3. The first-order valence-electron chi connectivity index (χ1n) is 7.64. The normalized spacial score (nSPS) is 23.2. The van der Waals surface area contributed by atoms with Gasteiger partial charge >= 0.3 is 0 Å². The van der Waals surface area contributed by atoms with Crippen molar-refractivity contribution in [2.75, 3.05) is 33.4 Å². The summed E-state index contributed by atoms with van der Waals surface area (Å²) in [6.45, 7) is 4.65. The van der Waals surface area contributed by atoms with Crippen molar-refractivity contribution in [3.8, 4) is 5.75 Å². The van der Waals surface area contributed by atoms with Crippen LogP contribution in [0, 0.1) is 0 Å². The molecule has 1 aliphatic carbocycles. The van der Waals surface area contributed by atoms with Gasteiger partial charge in [-0.1, -0.05) is 6.07 Å². The zero-order chi connectivity index (χ0) is 14.7. The van der Waals surface area contributed by atoms with Crippen LogP contribution in [-0.4, -0.2) is 50.4 Å². The lowest BCUT2D eigenvalue weighted by molar-refractivity contribution is -0.0110. The predicted octanol–water partition coefficient (Wildman–Crippen LogP) is 2.41. The van der Waals surface area contributed by atoms with E-state index in [-0.39, 0.29) is 0 Å². The summed E-state index contributed by atoms with van der Waals surface area (Å²) >= 11 is 3.56. The van der Waals surface area contributed by atoms with Gasteiger partial charge in [0.25, 0.3) is 0 Å². The highest BCUT2D eigenvalue weighted by Gasteiger charge is 2.26. The average Bonchev–Trinajstić information content (AvgIpc) is 3.31. The fourth-order valence-corrected chi connectivity index (χ4v) is 3.31. The Morgan fingerprint density at radius 1 is 1.43 bits per heavy atom. The number of methoxy groups -OCH3 is 1. The summed E-state index contributed by atoms with van der Waals surface area (Å²) in [7, 11) is 1.70. The van der Waals surface area contributed by atoms with Crippen molar-refractivity contribution in [3.63, 3.8) is 0 Å². The maximum Gasteiger partial charge on any atom is 0.133 e. The Bertz CT molecular complexity index is 479. The SMILES string of the molecule is COc1ccc(CN2CCOCC2CNC2CC2)cc1Br. The number of hydrogen-bond acceptors (Lipinski definition) is 4. The largest absolute Gasteiger partial charge is 0.496 e.